The predicted octanol–water partition coefficient (Wildman–Crippen LogP) is 4.53. The van der Waals surface area contributed by atoms with Gasteiger partial charge in [0.15, 0.2) is 0 Å². The number of ether oxygens (including phenoxy) is 1. The fourth-order valence-electron chi connectivity index (χ4n) is 4.10. The van der Waals surface area contributed by atoms with Crippen LogP contribution in [0.2, 0.25) is 0 Å². The fraction of sp³-hybridized carbons (Fsp3) is 0.333. The molecule has 1 heterocycles. The van der Waals surface area contributed by atoms with Crippen molar-refractivity contribution >= 4 is 15.7 Å². The zero-order chi connectivity index (χ0) is 29.5. The first kappa shape index (κ1) is 29.7. The summed E-state index contributed by atoms with van der Waals surface area (Å²) in [5.41, 5.74) is -2.24. The van der Waals surface area contributed by atoms with E-state index < -0.39 is 56.0 Å². The number of aliphatic hydroxyl groups excluding tert-OH is 2. The minimum atomic E-state index is -4.79. The maximum absolute atomic E-state index is 14.5. The third-order valence-corrected chi connectivity index (χ3v) is 8.34. The summed E-state index contributed by atoms with van der Waals surface area (Å²) in [6.07, 6.45) is -6.91. The van der Waals surface area contributed by atoms with Gasteiger partial charge in [-0.1, -0.05) is 26.0 Å². The van der Waals surface area contributed by atoms with Crippen LogP contribution in [-0.2, 0) is 16.2 Å². The Balaban J connectivity index is 1.78. The van der Waals surface area contributed by atoms with Crippen LogP contribution in [0.3, 0.4) is 0 Å². The summed E-state index contributed by atoms with van der Waals surface area (Å²) in [6.45, 7) is 2.35. The number of aliphatic hydroxyl groups is 2. The van der Waals surface area contributed by atoms with Gasteiger partial charge in [-0.05, 0) is 54.1 Å². The molecule has 1 unspecified atom stereocenters. The van der Waals surface area contributed by atoms with Gasteiger partial charge in [-0.3, -0.25) is 9.62 Å². The van der Waals surface area contributed by atoms with Crippen LogP contribution < -0.4 is 14.4 Å². The minimum Gasteiger partial charge on any atom is -0.485 e. The van der Waals surface area contributed by atoms with Gasteiger partial charge in [-0.15, -0.1) is 0 Å². The number of rotatable bonds is 8. The SMILES string of the molecule is CC(C)(CO)C(O)NC[C@H]1CN(S(=O)(=O)c2cccc(C(F)(F)F)c2)c2cc(-c3cc(F)ccc3F)ccc2O1. The van der Waals surface area contributed by atoms with E-state index in [1.807, 2.05) is 0 Å². The first-order valence-electron chi connectivity index (χ1n) is 12.1. The Labute approximate surface area is 227 Å². The first-order chi connectivity index (χ1) is 18.6. The van der Waals surface area contributed by atoms with Crippen LogP contribution in [0.1, 0.15) is 19.4 Å². The average molecular weight is 587 g/mol. The maximum atomic E-state index is 14.5. The molecule has 1 aliphatic rings. The minimum absolute atomic E-state index is 0.0186. The molecule has 40 heavy (non-hydrogen) atoms. The van der Waals surface area contributed by atoms with Crippen LogP contribution in [0.25, 0.3) is 11.1 Å². The maximum Gasteiger partial charge on any atom is 0.416 e. The van der Waals surface area contributed by atoms with E-state index in [4.69, 9.17) is 4.74 Å². The normalized spacial score (nSPS) is 16.8. The van der Waals surface area contributed by atoms with Crippen molar-refractivity contribution in [2.75, 3.05) is 24.0 Å². The van der Waals surface area contributed by atoms with Crippen LogP contribution in [0.4, 0.5) is 27.6 Å². The number of nitrogens with zero attached hydrogens (tertiary/aromatic N) is 1. The van der Waals surface area contributed by atoms with E-state index in [2.05, 4.69) is 5.32 Å². The van der Waals surface area contributed by atoms with Crippen molar-refractivity contribution in [3.05, 3.63) is 77.9 Å². The van der Waals surface area contributed by atoms with Gasteiger partial charge in [0.25, 0.3) is 10.0 Å². The number of benzene rings is 3. The molecule has 0 saturated heterocycles. The zero-order valence-corrected chi connectivity index (χ0v) is 22.2. The monoisotopic (exact) mass is 586 g/mol. The number of sulfonamides is 1. The van der Waals surface area contributed by atoms with Crippen LogP contribution in [0.5, 0.6) is 5.75 Å². The second-order valence-electron chi connectivity index (χ2n) is 10.1. The van der Waals surface area contributed by atoms with E-state index in [1.165, 1.54) is 18.2 Å². The molecule has 0 bridgehead atoms. The third-order valence-electron chi connectivity index (χ3n) is 6.57. The van der Waals surface area contributed by atoms with Crippen molar-refractivity contribution in [3.8, 4) is 16.9 Å². The molecule has 0 aromatic heterocycles. The molecule has 3 N–H and O–H groups in total. The molecule has 2 atom stereocenters. The fourth-order valence-corrected chi connectivity index (χ4v) is 5.64. The Kier molecular flexibility index (Phi) is 8.14. The summed E-state index contributed by atoms with van der Waals surface area (Å²) in [5.74, 6) is -1.48. The molecular formula is C27H27F5N2O5S. The number of hydrogen-bond donors (Lipinski definition) is 3. The van der Waals surface area contributed by atoms with E-state index in [0.29, 0.717) is 6.07 Å². The first-order valence-corrected chi connectivity index (χ1v) is 13.6. The van der Waals surface area contributed by atoms with E-state index in [9.17, 15) is 40.6 Å². The molecule has 0 radical (unpaired) electrons. The van der Waals surface area contributed by atoms with Gasteiger partial charge in [0.05, 0.1) is 29.3 Å². The number of hydrogen-bond acceptors (Lipinski definition) is 6. The van der Waals surface area contributed by atoms with Gasteiger partial charge in [0.1, 0.15) is 29.7 Å². The van der Waals surface area contributed by atoms with Gasteiger partial charge in [-0.25, -0.2) is 17.2 Å². The van der Waals surface area contributed by atoms with Crippen LogP contribution in [-0.4, -0.2) is 50.7 Å². The molecule has 216 valence electrons. The molecule has 0 saturated carbocycles. The van der Waals surface area contributed by atoms with Crippen molar-refractivity contribution < 1.29 is 45.3 Å². The summed E-state index contributed by atoms with van der Waals surface area (Å²) >= 11 is 0. The predicted molar refractivity (Wildman–Crippen MR) is 137 cm³/mol. The zero-order valence-electron chi connectivity index (χ0n) is 21.4. The van der Waals surface area contributed by atoms with Crippen molar-refractivity contribution in [2.45, 2.75) is 37.3 Å². The molecule has 3 aromatic carbocycles. The van der Waals surface area contributed by atoms with E-state index in [1.54, 1.807) is 13.8 Å². The molecule has 1 aliphatic heterocycles. The Morgan fingerprint density at radius 1 is 1.07 bits per heavy atom. The largest absolute Gasteiger partial charge is 0.485 e. The van der Waals surface area contributed by atoms with Crippen molar-refractivity contribution in [1.82, 2.24) is 5.32 Å². The number of alkyl halides is 3. The summed E-state index contributed by atoms with van der Waals surface area (Å²) < 4.78 is 103. The van der Waals surface area contributed by atoms with Crippen LogP contribution >= 0.6 is 0 Å². The Hall–Kier alpha value is -3.26. The molecule has 7 nitrogen and oxygen atoms in total. The van der Waals surface area contributed by atoms with Gasteiger partial charge in [-0.2, -0.15) is 13.2 Å². The molecule has 0 aliphatic carbocycles. The smallest absolute Gasteiger partial charge is 0.416 e. The number of halogens is 5. The molecule has 13 heteroatoms. The molecular weight excluding hydrogens is 559 g/mol. The molecule has 3 aromatic rings. The number of nitrogens with one attached hydrogen (secondary N) is 1. The highest BCUT2D eigenvalue weighted by Gasteiger charge is 2.38. The summed E-state index contributed by atoms with van der Waals surface area (Å²) in [6, 6.07) is 10.0. The third kappa shape index (κ3) is 6.07. The summed E-state index contributed by atoms with van der Waals surface area (Å²) in [5, 5.41) is 22.7. The summed E-state index contributed by atoms with van der Waals surface area (Å²) in [7, 11) is -4.62. The highest BCUT2D eigenvalue weighted by atomic mass is 32.2. The standard InChI is InChI=1S/C27H27F5N2O5S/c1-26(2,15-35)25(36)33-13-19-14-34(40(37,38)20-5-3-4-17(11-20)27(30,31)32)23-10-16(6-9-24(23)39-19)21-12-18(28)7-8-22(21)29/h3-12,19,25,33,35-36H,13-15H2,1-2H3/t19-,25?/m0/s1. The second-order valence-corrected chi connectivity index (χ2v) is 11.9. The second kappa shape index (κ2) is 11.0. The Morgan fingerprint density at radius 3 is 2.48 bits per heavy atom. The van der Waals surface area contributed by atoms with Gasteiger partial charge < -0.3 is 14.9 Å². The molecule has 4 rings (SSSR count). The highest BCUT2D eigenvalue weighted by Crippen LogP contribution is 2.41. The van der Waals surface area contributed by atoms with E-state index in [0.717, 1.165) is 40.7 Å². The lowest BCUT2D eigenvalue weighted by molar-refractivity contribution is -0.137. The van der Waals surface area contributed by atoms with Gasteiger partial charge in [0, 0.05) is 17.5 Å². The number of fused-ring (bicyclic) bond motifs is 1. The average Bonchev–Trinajstić information content (AvgIpc) is 2.91. The van der Waals surface area contributed by atoms with E-state index >= 15 is 0 Å². The Morgan fingerprint density at radius 2 is 1.80 bits per heavy atom. The molecule has 0 amide bonds. The lowest BCUT2D eigenvalue weighted by atomic mass is 9.92. The van der Waals surface area contributed by atoms with Crippen molar-refractivity contribution in [1.29, 1.82) is 0 Å². The van der Waals surface area contributed by atoms with Gasteiger partial charge >= 0.3 is 6.18 Å². The van der Waals surface area contributed by atoms with Crippen LogP contribution in [0.15, 0.2) is 65.6 Å². The van der Waals surface area contributed by atoms with Crippen molar-refractivity contribution in [2.24, 2.45) is 5.41 Å². The van der Waals surface area contributed by atoms with Crippen LogP contribution in [0, 0.1) is 17.0 Å². The van der Waals surface area contributed by atoms with E-state index in [-0.39, 0.29) is 42.3 Å². The Bertz CT molecular complexity index is 1500. The number of anilines is 1. The highest BCUT2D eigenvalue weighted by molar-refractivity contribution is 7.92. The quantitative estimate of drug-likeness (QED) is 0.265. The van der Waals surface area contributed by atoms with Crippen molar-refractivity contribution in [3.63, 3.8) is 0 Å². The topological polar surface area (TPSA) is 99.1 Å². The molecule has 0 fully saturated rings. The lowest BCUT2D eigenvalue weighted by Crippen LogP contribution is -2.52. The summed E-state index contributed by atoms with van der Waals surface area (Å²) in [4.78, 5) is -0.634. The van der Waals surface area contributed by atoms with Gasteiger partial charge in [0.2, 0.25) is 0 Å². The molecule has 0 spiro atoms. The lowest BCUT2D eigenvalue weighted by Gasteiger charge is -2.37.